The molecule has 1 aromatic rings. The van der Waals surface area contributed by atoms with Crippen molar-refractivity contribution in [1.29, 1.82) is 0 Å². The molecule has 1 saturated carbocycles. The summed E-state index contributed by atoms with van der Waals surface area (Å²) in [6.07, 6.45) is 3.26. The van der Waals surface area contributed by atoms with Gasteiger partial charge in [0.1, 0.15) is 5.75 Å². The van der Waals surface area contributed by atoms with E-state index in [1.54, 1.807) is 12.1 Å². The van der Waals surface area contributed by atoms with Crippen LogP contribution in [0.5, 0.6) is 5.75 Å². The summed E-state index contributed by atoms with van der Waals surface area (Å²) in [5, 5.41) is 21.4. The van der Waals surface area contributed by atoms with E-state index in [1.807, 2.05) is 12.1 Å². The zero-order valence-corrected chi connectivity index (χ0v) is 9.60. The van der Waals surface area contributed by atoms with Crippen molar-refractivity contribution in [2.45, 2.75) is 31.7 Å². The lowest BCUT2D eigenvalue weighted by Gasteiger charge is -2.27. The number of rotatable bonds is 3. The molecule has 0 spiro atoms. The maximum absolute atomic E-state index is 10.8. The second-order valence-electron chi connectivity index (χ2n) is 4.58. The Kier molecular flexibility index (Phi) is 3.52. The summed E-state index contributed by atoms with van der Waals surface area (Å²) >= 11 is 0. The fourth-order valence-electron chi connectivity index (χ4n) is 2.28. The molecule has 1 aromatic carbocycles. The average molecular weight is 235 g/mol. The van der Waals surface area contributed by atoms with Crippen molar-refractivity contribution < 1.29 is 15.0 Å². The lowest BCUT2D eigenvalue weighted by molar-refractivity contribution is -0.142. The molecule has 1 aliphatic rings. The Hall–Kier alpha value is -1.71. The van der Waals surface area contributed by atoms with Gasteiger partial charge in [0, 0.05) is 11.7 Å². The van der Waals surface area contributed by atoms with E-state index in [9.17, 15) is 4.79 Å². The summed E-state index contributed by atoms with van der Waals surface area (Å²) in [5.74, 6) is -0.592. The Bertz CT molecular complexity index is 380. The molecule has 0 atom stereocenters. The monoisotopic (exact) mass is 235 g/mol. The minimum absolute atomic E-state index is 0.173. The SMILES string of the molecule is O=C(O)C1CCC(Nc2ccc(O)cc2)CC1. The standard InChI is InChI=1S/C13H17NO3/c15-12-7-5-11(6-8-12)14-10-3-1-9(2-4-10)13(16)17/h5-10,14-15H,1-4H2,(H,16,17). The molecule has 2 rings (SSSR count). The molecule has 3 N–H and O–H groups in total. The van der Waals surface area contributed by atoms with E-state index in [-0.39, 0.29) is 11.7 Å². The number of phenols is 1. The molecule has 1 fully saturated rings. The van der Waals surface area contributed by atoms with Gasteiger partial charge in [0.2, 0.25) is 0 Å². The van der Waals surface area contributed by atoms with Crippen LogP contribution in [0.15, 0.2) is 24.3 Å². The molecular formula is C13H17NO3. The summed E-state index contributed by atoms with van der Waals surface area (Å²) in [7, 11) is 0. The van der Waals surface area contributed by atoms with Crippen molar-refractivity contribution in [2.75, 3.05) is 5.32 Å². The van der Waals surface area contributed by atoms with Crippen LogP contribution >= 0.6 is 0 Å². The average Bonchev–Trinajstić information content (AvgIpc) is 2.33. The van der Waals surface area contributed by atoms with Gasteiger partial charge < -0.3 is 15.5 Å². The summed E-state index contributed by atoms with van der Waals surface area (Å²) in [6, 6.07) is 7.29. The summed E-state index contributed by atoms with van der Waals surface area (Å²) in [5.41, 5.74) is 0.974. The predicted molar refractivity (Wildman–Crippen MR) is 65.1 cm³/mol. The van der Waals surface area contributed by atoms with Gasteiger partial charge in [-0.15, -0.1) is 0 Å². The Balaban J connectivity index is 1.85. The van der Waals surface area contributed by atoms with Gasteiger partial charge in [-0.1, -0.05) is 0 Å². The first-order chi connectivity index (χ1) is 8.15. The van der Waals surface area contributed by atoms with E-state index in [1.165, 1.54) is 0 Å². The molecule has 0 amide bonds. The predicted octanol–water partition coefficient (Wildman–Crippen LogP) is 2.45. The van der Waals surface area contributed by atoms with Gasteiger partial charge in [-0.2, -0.15) is 0 Å². The second-order valence-corrected chi connectivity index (χ2v) is 4.58. The molecule has 0 bridgehead atoms. The van der Waals surface area contributed by atoms with Crippen LogP contribution in [0.4, 0.5) is 5.69 Å². The molecule has 4 heteroatoms. The minimum Gasteiger partial charge on any atom is -0.508 e. The highest BCUT2D eigenvalue weighted by atomic mass is 16.4. The number of aromatic hydroxyl groups is 1. The first-order valence-corrected chi connectivity index (χ1v) is 5.93. The third-order valence-corrected chi connectivity index (χ3v) is 3.31. The van der Waals surface area contributed by atoms with Crippen LogP contribution in [0.1, 0.15) is 25.7 Å². The molecule has 1 aliphatic carbocycles. The number of carboxylic acid groups (broad SMARTS) is 1. The molecule has 0 radical (unpaired) electrons. The van der Waals surface area contributed by atoms with Gasteiger partial charge >= 0.3 is 5.97 Å². The Morgan fingerprint density at radius 2 is 1.71 bits per heavy atom. The zero-order chi connectivity index (χ0) is 12.3. The molecule has 0 saturated heterocycles. The van der Waals surface area contributed by atoms with Crippen molar-refractivity contribution in [3.63, 3.8) is 0 Å². The maximum Gasteiger partial charge on any atom is 0.306 e. The fraction of sp³-hybridized carbons (Fsp3) is 0.462. The molecule has 0 unspecified atom stereocenters. The quantitative estimate of drug-likeness (QED) is 0.704. The van der Waals surface area contributed by atoms with Gasteiger partial charge in [-0.3, -0.25) is 4.79 Å². The number of carboxylic acids is 1. The number of carbonyl (C=O) groups is 1. The Morgan fingerprint density at radius 3 is 2.24 bits per heavy atom. The molecule has 17 heavy (non-hydrogen) atoms. The number of benzene rings is 1. The number of aliphatic carboxylic acids is 1. The number of hydrogen-bond acceptors (Lipinski definition) is 3. The molecule has 0 heterocycles. The minimum atomic E-state index is -0.673. The van der Waals surface area contributed by atoms with Crippen molar-refractivity contribution in [3.8, 4) is 5.75 Å². The smallest absolute Gasteiger partial charge is 0.306 e. The van der Waals surface area contributed by atoms with Crippen LogP contribution in [0.25, 0.3) is 0 Å². The third-order valence-electron chi connectivity index (χ3n) is 3.31. The lowest BCUT2D eigenvalue weighted by Crippen LogP contribution is -2.29. The first-order valence-electron chi connectivity index (χ1n) is 5.93. The normalized spacial score (nSPS) is 24.2. The van der Waals surface area contributed by atoms with Crippen molar-refractivity contribution in [2.24, 2.45) is 5.92 Å². The molecular weight excluding hydrogens is 218 g/mol. The van der Waals surface area contributed by atoms with Gasteiger partial charge in [-0.25, -0.2) is 0 Å². The Morgan fingerprint density at radius 1 is 1.12 bits per heavy atom. The van der Waals surface area contributed by atoms with E-state index < -0.39 is 5.97 Å². The lowest BCUT2D eigenvalue weighted by atomic mass is 9.86. The maximum atomic E-state index is 10.8. The van der Waals surface area contributed by atoms with Crippen LogP contribution in [-0.2, 0) is 4.79 Å². The highest BCUT2D eigenvalue weighted by Gasteiger charge is 2.25. The summed E-state index contributed by atoms with van der Waals surface area (Å²) in [6.45, 7) is 0. The molecule has 92 valence electrons. The number of anilines is 1. The van der Waals surface area contributed by atoms with E-state index in [0.717, 1.165) is 31.4 Å². The molecule has 4 nitrogen and oxygen atoms in total. The molecule has 0 aliphatic heterocycles. The summed E-state index contributed by atoms with van der Waals surface area (Å²) in [4.78, 5) is 10.8. The Labute approximate surface area is 100 Å². The van der Waals surface area contributed by atoms with Crippen molar-refractivity contribution in [3.05, 3.63) is 24.3 Å². The van der Waals surface area contributed by atoms with Crippen LogP contribution < -0.4 is 5.32 Å². The van der Waals surface area contributed by atoms with Gasteiger partial charge in [0.05, 0.1) is 5.92 Å². The third kappa shape index (κ3) is 3.12. The van der Waals surface area contributed by atoms with E-state index >= 15 is 0 Å². The van der Waals surface area contributed by atoms with E-state index in [4.69, 9.17) is 10.2 Å². The van der Waals surface area contributed by atoms with E-state index in [0.29, 0.717) is 6.04 Å². The van der Waals surface area contributed by atoms with E-state index in [2.05, 4.69) is 5.32 Å². The first kappa shape index (κ1) is 11.8. The van der Waals surface area contributed by atoms with Gasteiger partial charge in [0.15, 0.2) is 0 Å². The largest absolute Gasteiger partial charge is 0.508 e. The highest BCUT2D eigenvalue weighted by molar-refractivity contribution is 5.70. The number of nitrogens with one attached hydrogen (secondary N) is 1. The summed E-state index contributed by atoms with van der Waals surface area (Å²) < 4.78 is 0. The van der Waals surface area contributed by atoms with Crippen molar-refractivity contribution >= 4 is 11.7 Å². The number of phenolic OH excluding ortho intramolecular Hbond substituents is 1. The van der Waals surface area contributed by atoms with Gasteiger partial charge in [0.25, 0.3) is 0 Å². The van der Waals surface area contributed by atoms with Crippen LogP contribution in [0, 0.1) is 5.92 Å². The topological polar surface area (TPSA) is 69.6 Å². The fourth-order valence-corrected chi connectivity index (χ4v) is 2.28. The zero-order valence-electron chi connectivity index (χ0n) is 9.60. The van der Waals surface area contributed by atoms with Crippen LogP contribution in [0.3, 0.4) is 0 Å². The molecule has 0 aromatic heterocycles. The van der Waals surface area contributed by atoms with Crippen LogP contribution in [-0.4, -0.2) is 22.2 Å². The van der Waals surface area contributed by atoms with Crippen molar-refractivity contribution in [1.82, 2.24) is 0 Å². The van der Waals surface area contributed by atoms with Gasteiger partial charge in [-0.05, 0) is 49.9 Å². The second kappa shape index (κ2) is 5.08. The number of hydrogen-bond donors (Lipinski definition) is 3. The van der Waals surface area contributed by atoms with Crippen LogP contribution in [0.2, 0.25) is 0 Å². The highest BCUT2D eigenvalue weighted by Crippen LogP contribution is 2.27.